The van der Waals surface area contributed by atoms with E-state index in [1.165, 1.54) is 0 Å². The van der Waals surface area contributed by atoms with E-state index in [1.54, 1.807) is 6.07 Å². The summed E-state index contributed by atoms with van der Waals surface area (Å²) in [6.07, 6.45) is 2.15. The molecular formula is C15H18N4O. The molecule has 1 aliphatic rings. The van der Waals surface area contributed by atoms with Crippen molar-refractivity contribution in [3.63, 3.8) is 0 Å². The van der Waals surface area contributed by atoms with Gasteiger partial charge < -0.3 is 5.32 Å². The van der Waals surface area contributed by atoms with Gasteiger partial charge in [-0.1, -0.05) is 6.07 Å². The summed E-state index contributed by atoms with van der Waals surface area (Å²) in [5, 5.41) is 7.36. The highest BCUT2D eigenvalue weighted by atomic mass is 16.2. The maximum atomic E-state index is 12.1. The van der Waals surface area contributed by atoms with Crippen LogP contribution in [0.1, 0.15) is 34.7 Å². The van der Waals surface area contributed by atoms with Gasteiger partial charge in [0.2, 0.25) is 0 Å². The van der Waals surface area contributed by atoms with Crippen molar-refractivity contribution in [2.24, 2.45) is 7.05 Å². The van der Waals surface area contributed by atoms with Gasteiger partial charge in [0, 0.05) is 24.3 Å². The van der Waals surface area contributed by atoms with E-state index in [0.29, 0.717) is 11.7 Å². The number of nitrogens with one attached hydrogen (secondary N) is 1. The van der Waals surface area contributed by atoms with Gasteiger partial charge in [-0.25, -0.2) is 4.98 Å². The van der Waals surface area contributed by atoms with Crippen molar-refractivity contribution in [3.05, 3.63) is 35.3 Å². The van der Waals surface area contributed by atoms with E-state index in [0.717, 1.165) is 35.5 Å². The zero-order valence-corrected chi connectivity index (χ0v) is 12.0. The normalized spacial score (nSPS) is 14.3. The lowest BCUT2D eigenvalue weighted by molar-refractivity contribution is 0.0946. The summed E-state index contributed by atoms with van der Waals surface area (Å²) < 4.78 is 1.84. The Morgan fingerprint density at radius 3 is 2.70 bits per heavy atom. The van der Waals surface area contributed by atoms with Crippen LogP contribution < -0.4 is 5.32 Å². The summed E-state index contributed by atoms with van der Waals surface area (Å²) in [5.41, 5.74) is 4.26. The summed E-state index contributed by atoms with van der Waals surface area (Å²) in [7, 11) is 1.91. The summed E-state index contributed by atoms with van der Waals surface area (Å²) in [4.78, 5) is 16.6. The molecule has 1 N–H and O–H groups in total. The fraction of sp³-hybridized carbons (Fsp3) is 0.400. The molecule has 5 nitrogen and oxygen atoms in total. The zero-order chi connectivity index (χ0) is 14.3. The van der Waals surface area contributed by atoms with Crippen molar-refractivity contribution < 1.29 is 4.79 Å². The first kappa shape index (κ1) is 12.8. The summed E-state index contributed by atoms with van der Waals surface area (Å²) in [6, 6.07) is 5.89. The van der Waals surface area contributed by atoms with Crippen LogP contribution in [0, 0.1) is 13.8 Å². The van der Waals surface area contributed by atoms with Crippen molar-refractivity contribution in [1.82, 2.24) is 20.1 Å². The number of nitrogens with zero attached hydrogens (tertiary/aromatic N) is 3. The minimum Gasteiger partial charge on any atom is -0.348 e. The van der Waals surface area contributed by atoms with Crippen LogP contribution in [0.3, 0.4) is 0 Å². The molecule has 0 saturated heterocycles. The average molecular weight is 270 g/mol. The van der Waals surface area contributed by atoms with Gasteiger partial charge >= 0.3 is 0 Å². The quantitative estimate of drug-likeness (QED) is 0.928. The average Bonchev–Trinajstić information content (AvgIpc) is 3.18. The molecular weight excluding hydrogens is 252 g/mol. The number of rotatable bonds is 3. The molecule has 1 saturated carbocycles. The molecule has 0 aromatic carbocycles. The Hall–Kier alpha value is -2.17. The van der Waals surface area contributed by atoms with Gasteiger partial charge in [-0.05, 0) is 38.8 Å². The smallest absolute Gasteiger partial charge is 0.270 e. The van der Waals surface area contributed by atoms with Crippen molar-refractivity contribution in [2.45, 2.75) is 32.7 Å². The highest BCUT2D eigenvalue weighted by Gasteiger charge is 2.24. The van der Waals surface area contributed by atoms with Crippen LogP contribution in [-0.2, 0) is 7.05 Å². The second-order valence-corrected chi connectivity index (χ2v) is 5.33. The molecule has 2 heterocycles. The first-order valence-electron chi connectivity index (χ1n) is 6.84. The van der Waals surface area contributed by atoms with Crippen LogP contribution in [0.15, 0.2) is 18.2 Å². The molecule has 104 valence electrons. The topological polar surface area (TPSA) is 59.8 Å². The minimum absolute atomic E-state index is 0.0893. The van der Waals surface area contributed by atoms with Crippen molar-refractivity contribution >= 4 is 5.91 Å². The van der Waals surface area contributed by atoms with Gasteiger partial charge in [-0.3, -0.25) is 9.48 Å². The predicted molar refractivity (Wildman–Crippen MR) is 76.4 cm³/mol. The minimum atomic E-state index is -0.0893. The van der Waals surface area contributed by atoms with Gasteiger partial charge in [0.15, 0.2) is 0 Å². The van der Waals surface area contributed by atoms with E-state index in [2.05, 4.69) is 15.4 Å². The van der Waals surface area contributed by atoms with Crippen LogP contribution in [0.2, 0.25) is 0 Å². The fourth-order valence-electron chi connectivity index (χ4n) is 2.33. The molecule has 0 atom stereocenters. The number of carbonyl (C=O) groups excluding carboxylic acids is 1. The standard InChI is InChI=1S/C15H18N4O/c1-9-14(10(2)19(3)18-9)12-5-4-6-13(17-12)15(20)16-11-7-8-11/h4-6,11H,7-8H2,1-3H3,(H,16,20). The van der Waals surface area contributed by atoms with Crippen molar-refractivity contribution in [3.8, 4) is 11.3 Å². The second-order valence-electron chi connectivity index (χ2n) is 5.33. The molecule has 2 aromatic heterocycles. The molecule has 2 aromatic rings. The van der Waals surface area contributed by atoms with Crippen molar-refractivity contribution in [1.29, 1.82) is 0 Å². The van der Waals surface area contributed by atoms with E-state index < -0.39 is 0 Å². The number of aryl methyl sites for hydroxylation is 2. The van der Waals surface area contributed by atoms with Crippen LogP contribution in [0.5, 0.6) is 0 Å². The van der Waals surface area contributed by atoms with E-state index in [1.807, 2.05) is 37.7 Å². The molecule has 3 rings (SSSR count). The lowest BCUT2D eigenvalue weighted by atomic mass is 10.1. The third kappa shape index (κ3) is 2.31. The number of hydrogen-bond acceptors (Lipinski definition) is 3. The van der Waals surface area contributed by atoms with Crippen LogP contribution in [-0.4, -0.2) is 26.7 Å². The molecule has 20 heavy (non-hydrogen) atoms. The Morgan fingerprint density at radius 1 is 1.35 bits per heavy atom. The first-order valence-corrected chi connectivity index (χ1v) is 6.84. The molecule has 5 heteroatoms. The number of hydrogen-bond donors (Lipinski definition) is 1. The lowest BCUT2D eigenvalue weighted by Gasteiger charge is -2.06. The van der Waals surface area contributed by atoms with E-state index in [-0.39, 0.29) is 5.91 Å². The van der Waals surface area contributed by atoms with E-state index in [4.69, 9.17) is 0 Å². The van der Waals surface area contributed by atoms with Crippen LogP contribution >= 0.6 is 0 Å². The molecule has 0 bridgehead atoms. The number of aromatic nitrogens is 3. The molecule has 0 unspecified atom stereocenters. The van der Waals surface area contributed by atoms with Gasteiger partial charge in [-0.2, -0.15) is 5.10 Å². The number of amides is 1. The van der Waals surface area contributed by atoms with E-state index in [9.17, 15) is 4.79 Å². The number of pyridine rings is 1. The Bertz CT molecular complexity index is 671. The Labute approximate surface area is 118 Å². The third-order valence-corrected chi connectivity index (χ3v) is 3.66. The molecule has 1 aliphatic carbocycles. The van der Waals surface area contributed by atoms with Crippen LogP contribution in [0.25, 0.3) is 11.3 Å². The molecule has 1 fully saturated rings. The lowest BCUT2D eigenvalue weighted by Crippen LogP contribution is -2.26. The Balaban J connectivity index is 1.96. The van der Waals surface area contributed by atoms with Crippen LogP contribution in [0.4, 0.5) is 0 Å². The van der Waals surface area contributed by atoms with Gasteiger partial charge in [0.05, 0.1) is 11.4 Å². The van der Waals surface area contributed by atoms with Gasteiger partial charge in [-0.15, -0.1) is 0 Å². The highest BCUT2D eigenvalue weighted by Crippen LogP contribution is 2.25. The van der Waals surface area contributed by atoms with Gasteiger partial charge in [0.25, 0.3) is 5.91 Å². The molecule has 0 aliphatic heterocycles. The summed E-state index contributed by atoms with van der Waals surface area (Å²) >= 11 is 0. The first-order chi connectivity index (χ1) is 9.56. The molecule has 1 amide bonds. The maximum Gasteiger partial charge on any atom is 0.270 e. The third-order valence-electron chi connectivity index (χ3n) is 3.66. The number of carbonyl (C=O) groups is 1. The SMILES string of the molecule is Cc1nn(C)c(C)c1-c1cccc(C(=O)NC2CC2)n1. The van der Waals surface area contributed by atoms with Crippen molar-refractivity contribution in [2.75, 3.05) is 0 Å². The Kier molecular flexibility index (Phi) is 3.04. The van der Waals surface area contributed by atoms with Gasteiger partial charge in [0.1, 0.15) is 5.69 Å². The summed E-state index contributed by atoms with van der Waals surface area (Å²) in [6.45, 7) is 3.97. The Morgan fingerprint density at radius 2 is 2.10 bits per heavy atom. The predicted octanol–water partition coefficient (Wildman–Crippen LogP) is 1.99. The maximum absolute atomic E-state index is 12.1. The highest BCUT2D eigenvalue weighted by molar-refractivity contribution is 5.93. The fourth-order valence-corrected chi connectivity index (χ4v) is 2.33. The second kappa shape index (κ2) is 4.74. The molecule has 0 radical (unpaired) electrons. The summed E-state index contributed by atoms with van der Waals surface area (Å²) in [5.74, 6) is -0.0893. The monoisotopic (exact) mass is 270 g/mol. The zero-order valence-electron chi connectivity index (χ0n) is 12.0. The van der Waals surface area contributed by atoms with E-state index >= 15 is 0 Å². The molecule has 0 spiro atoms. The largest absolute Gasteiger partial charge is 0.348 e.